The molecular weight excluding hydrogens is 256 g/mol. The van der Waals surface area contributed by atoms with Crippen molar-refractivity contribution < 1.29 is 4.79 Å². The summed E-state index contributed by atoms with van der Waals surface area (Å²) >= 11 is 0. The third-order valence-electron chi connectivity index (χ3n) is 3.41. The van der Waals surface area contributed by atoms with Crippen molar-refractivity contribution in [1.29, 1.82) is 0 Å². The van der Waals surface area contributed by atoms with E-state index in [0.717, 1.165) is 18.7 Å². The molecule has 0 saturated carbocycles. The van der Waals surface area contributed by atoms with Gasteiger partial charge in [0, 0.05) is 25.5 Å². The van der Waals surface area contributed by atoms with Crippen molar-refractivity contribution in [3.05, 3.63) is 42.0 Å². The molecule has 1 saturated heterocycles. The van der Waals surface area contributed by atoms with Crippen LogP contribution in [0.2, 0.25) is 0 Å². The van der Waals surface area contributed by atoms with Crippen LogP contribution in [0, 0.1) is 0 Å². The van der Waals surface area contributed by atoms with Gasteiger partial charge in [-0.15, -0.1) is 5.10 Å². The van der Waals surface area contributed by atoms with Gasteiger partial charge in [-0.3, -0.25) is 9.78 Å². The molecule has 1 aliphatic heterocycles. The van der Waals surface area contributed by atoms with E-state index in [1.165, 1.54) is 0 Å². The topological polar surface area (TPSA) is 84.7 Å². The van der Waals surface area contributed by atoms with E-state index in [4.69, 9.17) is 0 Å². The number of carbonyl (C=O) groups excluding carboxylic acids is 1. The van der Waals surface area contributed by atoms with Gasteiger partial charge in [-0.05, 0) is 18.6 Å². The first-order valence-corrected chi connectivity index (χ1v) is 6.57. The van der Waals surface area contributed by atoms with Gasteiger partial charge in [-0.2, -0.15) is 0 Å². The molecule has 0 radical (unpaired) electrons. The van der Waals surface area contributed by atoms with Gasteiger partial charge in [0.2, 0.25) is 0 Å². The van der Waals surface area contributed by atoms with Crippen LogP contribution in [0.3, 0.4) is 0 Å². The number of hydrogen-bond acceptors (Lipinski definition) is 5. The summed E-state index contributed by atoms with van der Waals surface area (Å²) in [5, 5.41) is 14.0. The number of carbonyl (C=O) groups is 1. The fourth-order valence-electron chi connectivity index (χ4n) is 2.01. The molecule has 1 aliphatic rings. The number of amides is 1. The first kappa shape index (κ1) is 12.7. The monoisotopic (exact) mass is 272 g/mol. The van der Waals surface area contributed by atoms with Gasteiger partial charge in [0.25, 0.3) is 5.91 Å². The molecule has 2 N–H and O–H groups in total. The smallest absolute Gasteiger partial charge is 0.273 e. The van der Waals surface area contributed by atoms with E-state index in [1.54, 1.807) is 23.3 Å². The Morgan fingerprint density at radius 1 is 1.55 bits per heavy atom. The molecule has 0 aromatic carbocycles. The van der Waals surface area contributed by atoms with Crippen molar-refractivity contribution in [2.24, 2.45) is 0 Å². The van der Waals surface area contributed by atoms with E-state index >= 15 is 0 Å². The molecule has 7 heteroatoms. The highest BCUT2D eigenvalue weighted by molar-refractivity contribution is 5.92. The first-order chi connectivity index (χ1) is 9.74. The molecule has 0 spiro atoms. The third-order valence-corrected chi connectivity index (χ3v) is 3.41. The maximum atomic E-state index is 12.1. The summed E-state index contributed by atoms with van der Waals surface area (Å²) in [6, 6.07) is 3.96. The van der Waals surface area contributed by atoms with Crippen molar-refractivity contribution in [1.82, 2.24) is 30.6 Å². The lowest BCUT2D eigenvalue weighted by Gasteiger charge is -2.26. The number of rotatable bonds is 4. The summed E-state index contributed by atoms with van der Waals surface area (Å²) < 4.78 is 1.74. The summed E-state index contributed by atoms with van der Waals surface area (Å²) in [6.07, 6.45) is 5.13. The lowest BCUT2D eigenvalue weighted by molar-refractivity contribution is 0.0934. The van der Waals surface area contributed by atoms with E-state index in [9.17, 15) is 4.79 Å². The van der Waals surface area contributed by atoms with Crippen LogP contribution < -0.4 is 10.6 Å². The zero-order valence-electron chi connectivity index (χ0n) is 11.2. The number of nitrogens with one attached hydrogen (secondary N) is 2. The summed E-state index contributed by atoms with van der Waals surface area (Å²) in [5.74, 6) is -0.222. The zero-order valence-corrected chi connectivity index (χ0v) is 11.2. The molecule has 1 atom stereocenters. The van der Waals surface area contributed by atoms with Crippen molar-refractivity contribution >= 4 is 5.91 Å². The highest BCUT2D eigenvalue weighted by atomic mass is 16.2. The largest absolute Gasteiger partial charge is 0.344 e. The molecule has 7 nitrogen and oxygen atoms in total. The summed E-state index contributed by atoms with van der Waals surface area (Å²) in [7, 11) is 0. The van der Waals surface area contributed by atoms with E-state index in [0.29, 0.717) is 11.7 Å². The second-order valence-corrected chi connectivity index (χ2v) is 4.88. The average Bonchev–Trinajstić information content (AvgIpc) is 2.87. The number of aromatic nitrogens is 4. The quantitative estimate of drug-likeness (QED) is 0.836. The molecular formula is C13H16N6O. The second kappa shape index (κ2) is 5.38. The lowest BCUT2D eigenvalue weighted by Crippen LogP contribution is -2.43. The Kier molecular flexibility index (Phi) is 3.42. The average molecular weight is 272 g/mol. The summed E-state index contributed by atoms with van der Waals surface area (Å²) in [4.78, 5) is 16.1. The van der Waals surface area contributed by atoms with Gasteiger partial charge in [-0.1, -0.05) is 11.3 Å². The van der Waals surface area contributed by atoms with Crippen molar-refractivity contribution in [3.63, 3.8) is 0 Å². The van der Waals surface area contributed by atoms with Gasteiger partial charge in [0.05, 0.1) is 18.3 Å². The minimum absolute atomic E-state index is 0.119. The Morgan fingerprint density at radius 2 is 2.40 bits per heavy atom. The molecule has 20 heavy (non-hydrogen) atoms. The number of hydrogen-bond donors (Lipinski definition) is 2. The van der Waals surface area contributed by atoms with Crippen LogP contribution in [-0.2, 0) is 0 Å². The minimum atomic E-state index is -0.222. The van der Waals surface area contributed by atoms with E-state index in [-0.39, 0.29) is 11.9 Å². The van der Waals surface area contributed by atoms with Crippen molar-refractivity contribution in [2.45, 2.75) is 19.0 Å². The molecule has 3 heterocycles. The van der Waals surface area contributed by atoms with Gasteiger partial charge in [0.1, 0.15) is 0 Å². The first-order valence-electron chi connectivity index (χ1n) is 6.57. The molecule has 1 amide bonds. The SMILES string of the molecule is CC(NC(=O)c1cn(C2CNC2)nn1)c1cccnc1. The zero-order chi connectivity index (χ0) is 13.9. The van der Waals surface area contributed by atoms with E-state index in [1.807, 2.05) is 19.1 Å². The second-order valence-electron chi connectivity index (χ2n) is 4.88. The Hall–Kier alpha value is -2.28. The highest BCUT2D eigenvalue weighted by Gasteiger charge is 2.22. The predicted molar refractivity (Wildman–Crippen MR) is 72.0 cm³/mol. The van der Waals surface area contributed by atoms with Gasteiger partial charge >= 0.3 is 0 Å². The van der Waals surface area contributed by atoms with Crippen LogP contribution in [0.25, 0.3) is 0 Å². The van der Waals surface area contributed by atoms with Gasteiger partial charge in [-0.25, -0.2) is 4.68 Å². The van der Waals surface area contributed by atoms with Crippen molar-refractivity contribution in [2.75, 3.05) is 13.1 Å². The Labute approximate surface area is 116 Å². The summed E-state index contributed by atoms with van der Waals surface area (Å²) in [6.45, 7) is 3.65. The van der Waals surface area contributed by atoms with Crippen LogP contribution in [-0.4, -0.2) is 39.0 Å². The molecule has 3 rings (SSSR count). The Morgan fingerprint density at radius 3 is 3.05 bits per heavy atom. The van der Waals surface area contributed by atoms with E-state index < -0.39 is 0 Å². The Bertz CT molecular complexity index is 592. The number of pyridine rings is 1. The Balaban J connectivity index is 1.65. The van der Waals surface area contributed by atoms with Crippen LogP contribution in [0.4, 0.5) is 0 Å². The van der Waals surface area contributed by atoms with Crippen LogP contribution in [0.15, 0.2) is 30.7 Å². The number of nitrogens with zero attached hydrogens (tertiary/aromatic N) is 4. The summed E-state index contributed by atoms with van der Waals surface area (Å²) in [5.41, 5.74) is 1.30. The van der Waals surface area contributed by atoms with Crippen molar-refractivity contribution in [3.8, 4) is 0 Å². The molecule has 1 fully saturated rings. The molecule has 0 bridgehead atoms. The highest BCUT2D eigenvalue weighted by Crippen LogP contribution is 2.12. The fraction of sp³-hybridized carbons (Fsp3) is 0.385. The normalized spacial score (nSPS) is 16.4. The van der Waals surface area contributed by atoms with Gasteiger partial charge < -0.3 is 10.6 Å². The minimum Gasteiger partial charge on any atom is -0.344 e. The fourth-order valence-corrected chi connectivity index (χ4v) is 2.01. The standard InChI is InChI=1S/C13H16N6O/c1-9(10-3-2-4-14-5-10)16-13(20)12-8-19(18-17-12)11-6-15-7-11/h2-5,8-9,11,15H,6-7H2,1H3,(H,16,20). The molecule has 0 aliphatic carbocycles. The predicted octanol–water partition coefficient (Wildman–Crippen LogP) is 0.308. The van der Waals surface area contributed by atoms with E-state index in [2.05, 4.69) is 25.9 Å². The molecule has 1 unspecified atom stereocenters. The molecule has 2 aromatic rings. The molecule has 2 aromatic heterocycles. The molecule has 104 valence electrons. The van der Waals surface area contributed by atoms with Crippen LogP contribution in [0.1, 0.15) is 35.1 Å². The van der Waals surface area contributed by atoms with Crippen LogP contribution >= 0.6 is 0 Å². The third kappa shape index (κ3) is 2.53. The van der Waals surface area contributed by atoms with Crippen LogP contribution in [0.5, 0.6) is 0 Å². The lowest BCUT2D eigenvalue weighted by atomic mass is 10.1. The maximum Gasteiger partial charge on any atom is 0.273 e. The maximum absolute atomic E-state index is 12.1. The van der Waals surface area contributed by atoms with Gasteiger partial charge in [0.15, 0.2) is 5.69 Å².